The minimum absolute atomic E-state index is 0.0182. The van der Waals surface area contributed by atoms with E-state index in [9.17, 15) is 14.7 Å². The van der Waals surface area contributed by atoms with Crippen LogP contribution in [0, 0.1) is 12.3 Å². The summed E-state index contributed by atoms with van der Waals surface area (Å²) in [5, 5.41) is 17.8. The van der Waals surface area contributed by atoms with Gasteiger partial charge in [0.15, 0.2) is 5.13 Å². The predicted octanol–water partition coefficient (Wildman–Crippen LogP) is 2.85. The summed E-state index contributed by atoms with van der Waals surface area (Å²) in [6.45, 7) is 12.3. The number of aryl methyl sites for hydroxylation is 1. The number of carbonyl (C=O) groups excluding carboxylic acids is 2. The van der Waals surface area contributed by atoms with E-state index in [2.05, 4.69) is 51.7 Å². The topological polar surface area (TPSA) is 129 Å². The predicted molar refractivity (Wildman–Crippen MR) is 122 cm³/mol. The van der Waals surface area contributed by atoms with Gasteiger partial charge in [0.2, 0.25) is 5.91 Å². The lowest BCUT2D eigenvalue weighted by molar-refractivity contribution is -0.121. The lowest BCUT2D eigenvalue weighted by Gasteiger charge is -2.21. The van der Waals surface area contributed by atoms with Gasteiger partial charge in [-0.25, -0.2) is 19.7 Å². The Hall–Kier alpha value is -2.59. The van der Waals surface area contributed by atoms with Crippen LogP contribution in [0.5, 0.6) is 0 Å². The summed E-state index contributed by atoms with van der Waals surface area (Å²) >= 11 is 1.34. The van der Waals surface area contributed by atoms with E-state index in [0.717, 1.165) is 22.1 Å². The van der Waals surface area contributed by atoms with Gasteiger partial charge in [-0.2, -0.15) is 0 Å². The molecule has 0 fully saturated rings. The van der Waals surface area contributed by atoms with Crippen LogP contribution in [-0.2, 0) is 10.2 Å². The first kappa shape index (κ1) is 24.7. The zero-order valence-corrected chi connectivity index (χ0v) is 19.8. The third-order valence-corrected chi connectivity index (χ3v) is 5.50. The number of amides is 3. The van der Waals surface area contributed by atoms with E-state index in [1.54, 1.807) is 6.20 Å². The van der Waals surface area contributed by atoms with Crippen molar-refractivity contribution >= 4 is 28.4 Å². The molecule has 0 spiro atoms. The second kappa shape index (κ2) is 10.1. The second-order valence-corrected chi connectivity index (χ2v) is 10.2. The molecule has 170 valence electrons. The van der Waals surface area contributed by atoms with Gasteiger partial charge in [0, 0.05) is 43.1 Å². The Morgan fingerprint density at radius 1 is 1.13 bits per heavy atom. The SMILES string of the molecule is Cc1nc(NC(=O)NCCC(=O)NCC(C)(C)CO)sc1-c1ccnc(C(C)(C)C)n1. The molecule has 0 aliphatic rings. The summed E-state index contributed by atoms with van der Waals surface area (Å²) in [5.41, 5.74) is 0.990. The average Bonchev–Trinajstić information content (AvgIpc) is 3.06. The highest BCUT2D eigenvalue weighted by Gasteiger charge is 2.20. The Balaban J connectivity index is 1.89. The fraction of sp³-hybridized carbons (Fsp3) is 0.571. The lowest BCUT2D eigenvalue weighted by Crippen LogP contribution is -2.38. The van der Waals surface area contributed by atoms with Gasteiger partial charge in [0.25, 0.3) is 0 Å². The molecule has 0 bridgehead atoms. The zero-order valence-electron chi connectivity index (χ0n) is 19.0. The molecule has 0 atom stereocenters. The minimum atomic E-state index is -0.429. The van der Waals surface area contributed by atoms with E-state index in [4.69, 9.17) is 0 Å². The number of hydrogen-bond acceptors (Lipinski definition) is 7. The number of carbonyl (C=O) groups is 2. The summed E-state index contributed by atoms with van der Waals surface area (Å²) in [6.07, 6.45) is 1.88. The molecule has 31 heavy (non-hydrogen) atoms. The Morgan fingerprint density at radius 3 is 2.48 bits per heavy atom. The monoisotopic (exact) mass is 448 g/mol. The maximum atomic E-state index is 12.2. The summed E-state index contributed by atoms with van der Waals surface area (Å²) in [4.78, 5) is 38.3. The van der Waals surface area contributed by atoms with Gasteiger partial charge >= 0.3 is 6.03 Å². The third kappa shape index (κ3) is 7.55. The molecule has 0 unspecified atom stereocenters. The number of anilines is 1. The quantitative estimate of drug-likeness (QED) is 0.491. The standard InChI is InChI=1S/C21H32N6O3S/c1-13-16(14-7-9-22-17(26-14)20(2,3)4)31-19(25-13)27-18(30)23-10-8-15(29)24-11-21(5,6)12-28/h7,9,28H,8,10-12H2,1-6H3,(H,24,29)(H2,23,25,27,30). The van der Waals surface area contributed by atoms with Crippen LogP contribution >= 0.6 is 11.3 Å². The number of thiazole rings is 1. The van der Waals surface area contributed by atoms with Crippen LogP contribution < -0.4 is 16.0 Å². The molecular formula is C21H32N6O3S. The second-order valence-electron chi connectivity index (χ2n) is 9.18. The van der Waals surface area contributed by atoms with E-state index in [0.29, 0.717) is 11.7 Å². The molecule has 0 aliphatic carbocycles. The minimum Gasteiger partial charge on any atom is -0.396 e. The van der Waals surface area contributed by atoms with Crippen LogP contribution in [0.1, 0.15) is 52.6 Å². The molecule has 9 nitrogen and oxygen atoms in total. The Bertz CT molecular complexity index is 920. The maximum absolute atomic E-state index is 12.2. The van der Waals surface area contributed by atoms with Crippen LogP contribution in [-0.4, -0.2) is 51.7 Å². The number of urea groups is 1. The van der Waals surface area contributed by atoms with Crippen molar-refractivity contribution in [2.24, 2.45) is 5.41 Å². The van der Waals surface area contributed by atoms with Gasteiger partial charge in [-0.3, -0.25) is 10.1 Å². The molecule has 3 amide bonds. The van der Waals surface area contributed by atoms with E-state index in [-0.39, 0.29) is 36.3 Å². The highest BCUT2D eigenvalue weighted by molar-refractivity contribution is 7.19. The average molecular weight is 449 g/mol. The maximum Gasteiger partial charge on any atom is 0.321 e. The summed E-state index contributed by atoms with van der Waals surface area (Å²) in [7, 11) is 0. The van der Waals surface area contributed by atoms with Gasteiger partial charge in [-0.15, -0.1) is 0 Å². The molecule has 0 saturated carbocycles. The van der Waals surface area contributed by atoms with Crippen molar-refractivity contribution in [3.05, 3.63) is 23.8 Å². The van der Waals surface area contributed by atoms with Gasteiger partial charge in [0.05, 0.1) is 16.3 Å². The van der Waals surface area contributed by atoms with Crippen molar-refractivity contribution in [2.45, 2.75) is 53.4 Å². The zero-order chi connectivity index (χ0) is 23.2. The molecule has 0 aliphatic heterocycles. The van der Waals surface area contributed by atoms with Gasteiger partial charge in [-0.05, 0) is 13.0 Å². The van der Waals surface area contributed by atoms with Crippen molar-refractivity contribution in [3.8, 4) is 10.6 Å². The molecule has 2 aromatic heterocycles. The molecule has 2 aromatic rings. The number of aliphatic hydroxyl groups is 1. The normalized spacial score (nSPS) is 11.8. The highest BCUT2D eigenvalue weighted by atomic mass is 32.1. The lowest BCUT2D eigenvalue weighted by atomic mass is 9.95. The van der Waals surface area contributed by atoms with Crippen molar-refractivity contribution < 1.29 is 14.7 Å². The molecule has 4 N–H and O–H groups in total. The number of aromatic nitrogens is 3. The summed E-state index contributed by atoms with van der Waals surface area (Å²) in [5.74, 6) is 0.554. The summed E-state index contributed by atoms with van der Waals surface area (Å²) in [6, 6.07) is 1.40. The molecule has 0 radical (unpaired) electrons. The highest BCUT2D eigenvalue weighted by Crippen LogP contribution is 2.32. The number of aliphatic hydroxyl groups excluding tert-OH is 1. The van der Waals surface area contributed by atoms with Crippen molar-refractivity contribution in [1.82, 2.24) is 25.6 Å². The fourth-order valence-electron chi connectivity index (χ4n) is 2.45. The van der Waals surface area contributed by atoms with E-state index in [1.807, 2.05) is 26.8 Å². The number of nitrogens with one attached hydrogen (secondary N) is 3. The molecule has 0 aromatic carbocycles. The smallest absolute Gasteiger partial charge is 0.321 e. The molecule has 0 saturated heterocycles. The molecule has 10 heteroatoms. The molecule has 2 rings (SSSR count). The first-order valence-corrected chi connectivity index (χ1v) is 11.0. The largest absolute Gasteiger partial charge is 0.396 e. The van der Waals surface area contributed by atoms with Crippen molar-refractivity contribution in [2.75, 3.05) is 25.0 Å². The van der Waals surface area contributed by atoms with Crippen LogP contribution in [0.4, 0.5) is 9.93 Å². The van der Waals surface area contributed by atoms with E-state index >= 15 is 0 Å². The number of hydrogen-bond donors (Lipinski definition) is 4. The fourth-order valence-corrected chi connectivity index (χ4v) is 3.38. The third-order valence-electron chi connectivity index (χ3n) is 4.41. The van der Waals surface area contributed by atoms with E-state index < -0.39 is 6.03 Å². The first-order chi connectivity index (χ1) is 14.4. The van der Waals surface area contributed by atoms with Crippen LogP contribution in [0.25, 0.3) is 10.6 Å². The van der Waals surface area contributed by atoms with Crippen molar-refractivity contribution in [1.29, 1.82) is 0 Å². The Kier molecular flexibility index (Phi) is 8.08. The van der Waals surface area contributed by atoms with Gasteiger partial charge in [0.1, 0.15) is 5.82 Å². The van der Waals surface area contributed by atoms with Crippen LogP contribution in [0.2, 0.25) is 0 Å². The van der Waals surface area contributed by atoms with Crippen LogP contribution in [0.15, 0.2) is 12.3 Å². The summed E-state index contributed by atoms with van der Waals surface area (Å²) < 4.78 is 0. The first-order valence-electron chi connectivity index (χ1n) is 10.1. The number of rotatable bonds is 8. The molecular weight excluding hydrogens is 416 g/mol. The number of nitrogens with zero attached hydrogens (tertiary/aromatic N) is 3. The van der Waals surface area contributed by atoms with E-state index in [1.165, 1.54) is 11.3 Å². The van der Waals surface area contributed by atoms with Gasteiger partial charge < -0.3 is 15.7 Å². The van der Waals surface area contributed by atoms with Gasteiger partial charge in [-0.1, -0.05) is 46.0 Å². The van der Waals surface area contributed by atoms with Crippen molar-refractivity contribution in [3.63, 3.8) is 0 Å². The Morgan fingerprint density at radius 2 is 1.84 bits per heavy atom. The Labute approximate surface area is 187 Å². The van der Waals surface area contributed by atoms with Crippen LogP contribution in [0.3, 0.4) is 0 Å². The molecule has 2 heterocycles.